The van der Waals surface area contributed by atoms with Crippen LogP contribution in [0, 0.1) is 0 Å². The van der Waals surface area contributed by atoms with Gasteiger partial charge in [0, 0.05) is 18.6 Å². The standard InChI is InChI=1S/C13H21N3O2S/c1-2-16-19(17,18)12-7-4-3-6-11(12)15-10-13(14)8-5-9-13/h3-4,6-7,15-16H,2,5,8-10,14H2,1H3. The van der Waals surface area contributed by atoms with E-state index >= 15 is 0 Å². The minimum atomic E-state index is -3.45. The first-order chi connectivity index (χ1) is 8.97. The lowest BCUT2D eigenvalue weighted by molar-refractivity contribution is 0.265. The van der Waals surface area contributed by atoms with Crippen LogP contribution in [0.4, 0.5) is 5.69 Å². The van der Waals surface area contributed by atoms with Crippen LogP contribution in [0.25, 0.3) is 0 Å². The van der Waals surface area contributed by atoms with Crippen LogP contribution in [0.5, 0.6) is 0 Å². The number of benzene rings is 1. The number of nitrogens with two attached hydrogens (primary N) is 1. The third kappa shape index (κ3) is 3.26. The molecule has 1 saturated carbocycles. The van der Waals surface area contributed by atoms with Crippen molar-refractivity contribution in [1.29, 1.82) is 0 Å². The van der Waals surface area contributed by atoms with Gasteiger partial charge in [-0.25, -0.2) is 13.1 Å². The van der Waals surface area contributed by atoms with Crippen LogP contribution in [0.1, 0.15) is 26.2 Å². The fourth-order valence-corrected chi connectivity index (χ4v) is 3.42. The van der Waals surface area contributed by atoms with Crippen molar-refractivity contribution in [2.45, 2.75) is 36.6 Å². The smallest absolute Gasteiger partial charge is 0.242 e. The first-order valence-corrected chi connectivity index (χ1v) is 8.07. The van der Waals surface area contributed by atoms with Crippen molar-refractivity contribution in [3.63, 3.8) is 0 Å². The zero-order valence-corrected chi connectivity index (χ0v) is 12.0. The lowest BCUT2D eigenvalue weighted by atomic mass is 9.78. The van der Waals surface area contributed by atoms with Gasteiger partial charge >= 0.3 is 0 Å². The Labute approximate surface area is 114 Å². The van der Waals surface area contributed by atoms with Crippen molar-refractivity contribution < 1.29 is 8.42 Å². The maximum atomic E-state index is 12.1. The van der Waals surface area contributed by atoms with Gasteiger partial charge in [-0.05, 0) is 31.4 Å². The summed E-state index contributed by atoms with van der Waals surface area (Å²) < 4.78 is 26.7. The van der Waals surface area contributed by atoms with E-state index in [1.807, 2.05) is 6.07 Å². The molecule has 1 aliphatic rings. The quantitative estimate of drug-likeness (QED) is 0.734. The Hall–Kier alpha value is -1.11. The fourth-order valence-electron chi connectivity index (χ4n) is 2.19. The molecule has 19 heavy (non-hydrogen) atoms. The third-order valence-corrected chi connectivity index (χ3v) is 5.09. The second-order valence-corrected chi connectivity index (χ2v) is 6.80. The van der Waals surface area contributed by atoms with Crippen molar-refractivity contribution in [3.8, 4) is 0 Å². The Morgan fingerprint density at radius 2 is 2.00 bits per heavy atom. The summed E-state index contributed by atoms with van der Waals surface area (Å²) in [7, 11) is -3.45. The summed E-state index contributed by atoms with van der Waals surface area (Å²) in [4.78, 5) is 0.278. The van der Waals surface area contributed by atoms with Crippen LogP contribution < -0.4 is 15.8 Å². The Balaban J connectivity index is 2.16. The Morgan fingerprint density at radius 3 is 2.58 bits per heavy atom. The van der Waals surface area contributed by atoms with Gasteiger partial charge in [0.15, 0.2) is 0 Å². The molecule has 106 valence electrons. The second kappa shape index (κ2) is 5.48. The average molecular weight is 283 g/mol. The molecule has 1 aliphatic carbocycles. The summed E-state index contributed by atoms with van der Waals surface area (Å²) in [6.07, 6.45) is 3.12. The van der Waals surface area contributed by atoms with Gasteiger partial charge in [-0.2, -0.15) is 0 Å². The number of rotatable bonds is 6. The highest BCUT2D eigenvalue weighted by Gasteiger charge is 2.32. The molecule has 5 nitrogen and oxygen atoms in total. The molecule has 4 N–H and O–H groups in total. The summed E-state index contributed by atoms with van der Waals surface area (Å²) in [5.41, 5.74) is 6.57. The minimum Gasteiger partial charge on any atom is -0.382 e. The van der Waals surface area contributed by atoms with Gasteiger partial charge in [0.1, 0.15) is 4.90 Å². The molecule has 0 spiro atoms. The molecule has 0 aliphatic heterocycles. The molecule has 1 aromatic carbocycles. The summed E-state index contributed by atoms with van der Waals surface area (Å²) in [5.74, 6) is 0. The molecular weight excluding hydrogens is 262 g/mol. The molecule has 2 rings (SSSR count). The molecule has 0 aromatic heterocycles. The highest BCUT2D eigenvalue weighted by molar-refractivity contribution is 7.89. The van der Waals surface area contributed by atoms with E-state index in [-0.39, 0.29) is 10.4 Å². The molecular formula is C13H21N3O2S. The van der Waals surface area contributed by atoms with E-state index in [1.165, 1.54) is 0 Å². The molecule has 0 amide bonds. The molecule has 6 heteroatoms. The Bertz CT molecular complexity index is 539. The predicted octanol–water partition coefficient (Wildman–Crippen LogP) is 1.28. The number of sulfonamides is 1. The van der Waals surface area contributed by atoms with Crippen molar-refractivity contribution in [3.05, 3.63) is 24.3 Å². The number of hydrogen-bond donors (Lipinski definition) is 3. The first kappa shape index (κ1) is 14.3. The number of hydrogen-bond acceptors (Lipinski definition) is 4. The topological polar surface area (TPSA) is 84.2 Å². The molecule has 0 saturated heterocycles. The molecule has 0 unspecified atom stereocenters. The van der Waals surface area contributed by atoms with Crippen LogP contribution in [-0.2, 0) is 10.0 Å². The van der Waals surface area contributed by atoms with E-state index in [2.05, 4.69) is 10.0 Å². The Kier molecular flexibility index (Phi) is 4.13. The average Bonchev–Trinajstić information content (AvgIpc) is 2.34. The first-order valence-electron chi connectivity index (χ1n) is 6.58. The van der Waals surface area contributed by atoms with Crippen molar-refractivity contribution in [2.24, 2.45) is 5.73 Å². The molecule has 0 heterocycles. The van der Waals surface area contributed by atoms with Gasteiger partial charge < -0.3 is 11.1 Å². The number of anilines is 1. The monoisotopic (exact) mass is 283 g/mol. The zero-order chi connectivity index (χ0) is 13.9. The van der Waals surface area contributed by atoms with E-state index in [0.29, 0.717) is 18.8 Å². The normalized spacial score (nSPS) is 17.8. The minimum absolute atomic E-state index is 0.185. The summed E-state index contributed by atoms with van der Waals surface area (Å²) in [5, 5.41) is 3.18. The molecule has 0 bridgehead atoms. The molecule has 1 aromatic rings. The summed E-state index contributed by atoms with van der Waals surface area (Å²) in [6.45, 7) is 2.74. The second-order valence-electron chi connectivity index (χ2n) is 5.07. The van der Waals surface area contributed by atoms with Crippen LogP contribution in [0.15, 0.2) is 29.2 Å². The van der Waals surface area contributed by atoms with E-state index in [9.17, 15) is 8.42 Å². The fraction of sp³-hybridized carbons (Fsp3) is 0.538. The molecule has 0 atom stereocenters. The lowest BCUT2D eigenvalue weighted by Gasteiger charge is -2.38. The molecule has 1 fully saturated rings. The van der Waals surface area contributed by atoms with Gasteiger partial charge in [-0.1, -0.05) is 19.1 Å². The van der Waals surface area contributed by atoms with Gasteiger partial charge in [0.05, 0.1) is 5.69 Å². The summed E-state index contributed by atoms with van der Waals surface area (Å²) >= 11 is 0. The predicted molar refractivity (Wildman–Crippen MR) is 76.6 cm³/mol. The van der Waals surface area contributed by atoms with E-state index in [0.717, 1.165) is 19.3 Å². The van der Waals surface area contributed by atoms with Crippen LogP contribution >= 0.6 is 0 Å². The van der Waals surface area contributed by atoms with Crippen LogP contribution in [0.2, 0.25) is 0 Å². The Morgan fingerprint density at radius 1 is 1.32 bits per heavy atom. The van der Waals surface area contributed by atoms with Crippen molar-refractivity contribution >= 4 is 15.7 Å². The lowest BCUT2D eigenvalue weighted by Crippen LogP contribution is -2.52. The highest BCUT2D eigenvalue weighted by Crippen LogP contribution is 2.30. The van der Waals surface area contributed by atoms with Crippen LogP contribution in [0.3, 0.4) is 0 Å². The largest absolute Gasteiger partial charge is 0.382 e. The summed E-state index contributed by atoms with van der Waals surface area (Å²) in [6, 6.07) is 6.91. The van der Waals surface area contributed by atoms with Crippen LogP contribution in [-0.4, -0.2) is 27.0 Å². The third-order valence-electron chi connectivity index (χ3n) is 3.49. The highest BCUT2D eigenvalue weighted by atomic mass is 32.2. The van der Waals surface area contributed by atoms with E-state index in [1.54, 1.807) is 25.1 Å². The van der Waals surface area contributed by atoms with Gasteiger partial charge in [-0.15, -0.1) is 0 Å². The van der Waals surface area contributed by atoms with E-state index < -0.39 is 10.0 Å². The SMILES string of the molecule is CCNS(=O)(=O)c1ccccc1NCC1(N)CCC1. The van der Waals surface area contributed by atoms with Crippen molar-refractivity contribution in [2.75, 3.05) is 18.4 Å². The maximum absolute atomic E-state index is 12.1. The maximum Gasteiger partial charge on any atom is 0.242 e. The molecule has 0 radical (unpaired) electrons. The number of nitrogens with one attached hydrogen (secondary N) is 2. The van der Waals surface area contributed by atoms with Gasteiger partial charge in [0.25, 0.3) is 0 Å². The van der Waals surface area contributed by atoms with E-state index in [4.69, 9.17) is 5.73 Å². The number of para-hydroxylation sites is 1. The van der Waals surface area contributed by atoms with Gasteiger partial charge in [0.2, 0.25) is 10.0 Å². The van der Waals surface area contributed by atoms with Crippen molar-refractivity contribution in [1.82, 2.24) is 4.72 Å². The van der Waals surface area contributed by atoms with Gasteiger partial charge in [-0.3, -0.25) is 0 Å². The zero-order valence-electron chi connectivity index (χ0n) is 11.1.